The van der Waals surface area contributed by atoms with E-state index in [4.69, 9.17) is 4.42 Å². The molecule has 0 bridgehead atoms. The highest BCUT2D eigenvalue weighted by Gasteiger charge is 2.25. The highest BCUT2D eigenvalue weighted by Crippen LogP contribution is 2.37. The first kappa shape index (κ1) is 14.2. The van der Waals surface area contributed by atoms with Crippen molar-refractivity contribution in [2.45, 2.75) is 31.2 Å². The van der Waals surface area contributed by atoms with E-state index in [9.17, 15) is 9.18 Å². The Morgan fingerprint density at radius 1 is 1.43 bits per heavy atom. The minimum atomic E-state index is -0.216. The molecule has 0 saturated carbocycles. The van der Waals surface area contributed by atoms with Crippen molar-refractivity contribution in [1.29, 1.82) is 0 Å². The molecule has 1 aliphatic rings. The van der Waals surface area contributed by atoms with Gasteiger partial charge in [0.25, 0.3) is 5.91 Å². The molecule has 1 amide bonds. The molecule has 2 heterocycles. The van der Waals surface area contributed by atoms with Crippen LogP contribution in [0.3, 0.4) is 0 Å². The molecule has 1 atom stereocenters. The molecule has 0 radical (unpaired) electrons. The minimum absolute atomic E-state index is 0.154. The van der Waals surface area contributed by atoms with Gasteiger partial charge in [-0.05, 0) is 38.0 Å². The second-order valence-electron chi connectivity index (χ2n) is 5.15. The lowest BCUT2D eigenvalue weighted by Crippen LogP contribution is -2.31. The summed E-state index contributed by atoms with van der Waals surface area (Å²) in [5.41, 5.74) is 1.40. The van der Waals surface area contributed by atoms with E-state index in [1.807, 2.05) is 13.0 Å². The lowest BCUT2D eigenvalue weighted by Gasteiger charge is -2.26. The van der Waals surface area contributed by atoms with Gasteiger partial charge < -0.3 is 9.73 Å². The SMILES string of the molecule is Cc1cc(C(=O)N[C@H]2CCSc3c(F)cccc32)c(C)o1. The van der Waals surface area contributed by atoms with Crippen molar-refractivity contribution in [1.82, 2.24) is 5.32 Å². The van der Waals surface area contributed by atoms with Crippen molar-refractivity contribution >= 4 is 17.7 Å². The molecule has 0 unspecified atom stereocenters. The smallest absolute Gasteiger partial charge is 0.255 e. The van der Waals surface area contributed by atoms with Crippen molar-refractivity contribution in [2.24, 2.45) is 0 Å². The number of furan rings is 1. The molecule has 21 heavy (non-hydrogen) atoms. The average Bonchev–Trinajstić information content (AvgIpc) is 2.79. The molecule has 3 rings (SSSR count). The maximum atomic E-state index is 13.8. The summed E-state index contributed by atoms with van der Waals surface area (Å²) < 4.78 is 19.2. The number of aryl methyl sites for hydroxylation is 2. The number of rotatable bonds is 2. The fraction of sp³-hybridized carbons (Fsp3) is 0.312. The van der Waals surface area contributed by atoms with E-state index >= 15 is 0 Å². The number of thioether (sulfide) groups is 1. The molecule has 0 aliphatic carbocycles. The van der Waals surface area contributed by atoms with Gasteiger partial charge in [0.1, 0.15) is 17.3 Å². The maximum absolute atomic E-state index is 13.8. The summed E-state index contributed by atoms with van der Waals surface area (Å²) >= 11 is 1.50. The van der Waals surface area contributed by atoms with E-state index < -0.39 is 0 Å². The second kappa shape index (κ2) is 5.56. The molecule has 110 valence electrons. The van der Waals surface area contributed by atoms with Crippen LogP contribution >= 0.6 is 11.8 Å². The highest BCUT2D eigenvalue weighted by atomic mass is 32.2. The van der Waals surface area contributed by atoms with E-state index in [1.54, 1.807) is 19.1 Å². The van der Waals surface area contributed by atoms with Crippen LogP contribution in [0.25, 0.3) is 0 Å². The minimum Gasteiger partial charge on any atom is -0.466 e. The molecule has 1 N–H and O–H groups in total. The van der Waals surface area contributed by atoms with Gasteiger partial charge in [0, 0.05) is 10.6 Å². The van der Waals surface area contributed by atoms with Crippen LogP contribution in [0.15, 0.2) is 33.6 Å². The zero-order valence-corrected chi connectivity index (χ0v) is 12.7. The number of amides is 1. The first-order chi connectivity index (χ1) is 10.1. The Morgan fingerprint density at radius 2 is 2.24 bits per heavy atom. The number of fused-ring (bicyclic) bond motifs is 1. The van der Waals surface area contributed by atoms with Gasteiger partial charge in [0.05, 0.1) is 11.6 Å². The Labute approximate surface area is 126 Å². The monoisotopic (exact) mass is 305 g/mol. The number of benzene rings is 1. The van der Waals surface area contributed by atoms with Crippen molar-refractivity contribution in [2.75, 3.05) is 5.75 Å². The van der Waals surface area contributed by atoms with Gasteiger partial charge in [-0.2, -0.15) is 0 Å². The quantitative estimate of drug-likeness (QED) is 0.912. The molecular weight excluding hydrogens is 289 g/mol. The van der Waals surface area contributed by atoms with Crippen LogP contribution in [-0.4, -0.2) is 11.7 Å². The van der Waals surface area contributed by atoms with Gasteiger partial charge in [-0.15, -0.1) is 11.8 Å². The van der Waals surface area contributed by atoms with Crippen LogP contribution in [0, 0.1) is 19.7 Å². The third kappa shape index (κ3) is 2.70. The lowest BCUT2D eigenvalue weighted by molar-refractivity contribution is 0.0933. The van der Waals surface area contributed by atoms with E-state index in [-0.39, 0.29) is 17.8 Å². The number of nitrogens with one attached hydrogen (secondary N) is 1. The van der Waals surface area contributed by atoms with Crippen LogP contribution in [-0.2, 0) is 0 Å². The van der Waals surface area contributed by atoms with E-state index in [0.29, 0.717) is 22.0 Å². The fourth-order valence-corrected chi connectivity index (χ4v) is 3.77. The van der Waals surface area contributed by atoms with E-state index in [0.717, 1.165) is 17.7 Å². The van der Waals surface area contributed by atoms with Gasteiger partial charge in [-0.3, -0.25) is 4.79 Å². The summed E-state index contributed by atoms with van der Waals surface area (Å²) in [5, 5.41) is 2.99. The van der Waals surface area contributed by atoms with E-state index in [2.05, 4.69) is 5.32 Å². The molecule has 1 aliphatic heterocycles. The molecular formula is C16H16FNO2S. The zero-order valence-electron chi connectivity index (χ0n) is 11.9. The highest BCUT2D eigenvalue weighted by molar-refractivity contribution is 7.99. The van der Waals surface area contributed by atoms with Crippen molar-refractivity contribution in [3.8, 4) is 0 Å². The molecule has 5 heteroatoms. The number of halogens is 1. The number of hydrogen-bond acceptors (Lipinski definition) is 3. The molecule has 3 nitrogen and oxygen atoms in total. The molecule has 2 aromatic rings. The lowest BCUT2D eigenvalue weighted by atomic mass is 10.0. The van der Waals surface area contributed by atoms with Gasteiger partial charge in [-0.25, -0.2) is 4.39 Å². The standard InChI is InChI=1S/C16H16FNO2S/c1-9-8-12(10(2)20-9)16(19)18-14-6-7-21-15-11(14)4-3-5-13(15)17/h3-5,8,14H,6-7H2,1-2H3,(H,18,19)/t14-/m0/s1. The van der Waals surface area contributed by atoms with Crippen LogP contribution < -0.4 is 5.32 Å². The summed E-state index contributed by atoms with van der Waals surface area (Å²) in [6, 6.07) is 6.60. The Bertz CT molecular complexity index is 696. The Balaban J connectivity index is 1.85. The average molecular weight is 305 g/mol. The van der Waals surface area contributed by atoms with Crippen LogP contribution in [0.4, 0.5) is 4.39 Å². The van der Waals surface area contributed by atoms with Gasteiger partial charge >= 0.3 is 0 Å². The van der Waals surface area contributed by atoms with Crippen LogP contribution in [0.1, 0.15) is 39.9 Å². The zero-order chi connectivity index (χ0) is 15.0. The molecule has 1 aromatic carbocycles. The predicted molar refractivity (Wildman–Crippen MR) is 80.1 cm³/mol. The summed E-state index contributed by atoms with van der Waals surface area (Å²) in [5.74, 6) is 1.73. The maximum Gasteiger partial charge on any atom is 0.255 e. The van der Waals surface area contributed by atoms with Gasteiger partial charge in [-0.1, -0.05) is 12.1 Å². The summed E-state index contributed by atoms with van der Waals surface area (Å²) in [7, 11) is 0. The Morgan fingerprint density at radius 3 is 2.95 bits per heavy atom. The number of carbonyl (C=O) groups excluding carboxylic acids is 1. The van der Waals surface area contributed by atoms with E-state index in [1.165, 1.54) is 17.8 Å². The van der Waals surface area contributed by atoms with Gasteiger partial charge in [0.15, 0.2) is 0 Å². The Kier molecular flexibility index (Phi) is 3.76. The predicted octanol–water partition coefficient (Wildman–Crippen LogP) is 4.00. The third-order valence-electron chi connectivity index (χ3n) is 3.62. The summed E-state index contributed by atoms with van der Waals surface area (Å²) in [6.07, 6.45) is 0.794. The summed E-state index contributed by atoms with van der Waals surface area (Å²) in [6.45, 7) is 3.58. The van der Waals surface area contributed by atoms with Crippen molar-refractivity contribution < 1.29 is 13.6 Å². The fourth-order valence-electron chi connectivity index (χ4n) is 2.63. The molecule has 1 aromatic heterocycles. The van der Waals surface area contributed by atoms with Gasteiger partial charge in [0.2, 0.25) is 0 Å². The Hall–Kier alpha value is -1.75. The number of carbonyl (C=O) groups is 1. The van der Waals surface area contributed by atoms with Crippen LogP contribution in [0.2, 0.25) is 0 Å². The largest absolute Gasteiger partial charge is 0.466 e. The number of hydrogen-bond donors (Lipinski definition) is 1. The first-order valence-electron chi connectivity index (χ1n) is 6.85. The molecule has 0 saturated heterocycles. The second-order valence-corrected chi connectivity index (χ2v) is 6.25. The van der Waals surface area contributed by atoms with Crippen LogP contribution in [0.5, 0.6) is 0 Å². The van der Waals surface area contributed by atoms with Crippen molar-refractivity contribution in [3.05, 3.63) is 52.7 Å². The molecule has 0 spiro atoms. The van der Waals surface area contributed by atoms with Crippen molar-refractivity contribution in [3.63, 3.8) is 0 Å². The summed E-state index contributed by atoms with van der Waals surface area (Å²) in [4.78, 5) is 13.0. The topological polar surface area (TPSA) is 42.2 Å². The normalized spacial score (nSPS) is 17.4. The third-order valence-corrected chi connectivity index (χ3v) is 4.78. The molecule has 0 fully saturated rings. The first-order valence-corrected chi connectivity index (χ1v) is 7.84.